The van der Waals surface area contributed by atoms with Crippen LogP contribution < -0.4 is 9.47 Å². The summed E-state index contributed by atoms with van der Waals surface area (Å²) in [5.41, 5.74) is 0.915. The Labute approximate surface area is 113 Å². The number of halogens is 2. The summed E-state index contributed by atoms with van der Waals surface area (Å²) in [4.78, 5) is 0. The lowest BCUT2D eigenvalue weighted by atomic mass is 10.2. The molecular weight excluding hydrogens is 299 g/mol. The third-order valence-electron chi connectivity index (χ3n) is 2.45. The molecule has 0 amide bonds. The van der Waals surface area contributed by atoms with Gasteiger partial charge in [-0.3, -0.25) is 0 Å². The molecule has 0 heterocycles. The summed E-state index contributed by atoms with van der Waals surface area (Å²) >= 11 is 3.37. The number of rotatable bonds is 4. The molecule has 0 atom stereocenters. The van der Waals surface area contributed by atoms with E-state index in [1.54, 1.807) is 25.3 Å². The zero-order valence-corrected chi connectivity index (χ0v) is 11.4. The molecule has 4 heteroatoms. The van der Waals surface area contributed by atoms with Gasteiger partial charge >= 0.3 is 0 Å². The van der Waals surface area contributed by atoms with Gasteiger partial charge in [-0.1, -0.05) is 18.2 Å². The Balaban J connectivity index is 2.09. The third kappa shape index (κ3) is 3.01. The summed E-state index contributed by atoms with van der Waals surface area (Å²) in [6.07, 6.45) is 0. The Morgan fingerprint density at radius 3 is 2.61 bits per heavy atom. The number of ether oxygens (including phenoxy) is 2. The normalized spacial score (nSPS) is 10.2. The molecule has 2 aromatic carbocycles. The van der Waals surface area contributed by atoms with Crippen molar-refractivity contribution in [2.24, 2.45) is 0 Å². The van der Waals surface area contributed by atoms with Crippen LogP contribution >= 0.6 is 15.9 Å². The zero-order valence-electron chi connectivity index (χ0n) is 9.82. The lowest BCUT2D eigenvalue weighted by Crippen LogP contribution is -1.98. The lowest BCUT2D eigenvalue weighted by molar-refractivity contribution is 0.289. The standard InChI is InChI=1S/C14H12BrFO2/c1-17-14-8-10(6-7-11(14)15)9-18-13-5-3-2-4-12(13)16/h2-8H,9H2,1H3. The highest BCUT2D eigenvalue weighted by Crippen LogP contribution is 2.26. The van der Waals surface area contributed by atoms with E-state index < -0.39 is 0 Å². The fourth-order valence-electron chi connectivity index (χ4n) is 1.52. The van der Waals surface area contributed by atoms with Crippen molar-refractivity contribution in [1.29, 1.82) is 0 Å². The van der Waals surface area contributed by atoms with Gasteiger partial charge in [0.25, 0.3) is 0 Å². The van der Waals surface area contributed by atoms with Gasteiger partial charge in [-0.2, -0.15) is 0 Å². The van der Waals surface area contributed by atoms with Crippen LogP contribution in [-0.4, -0.2) is 7.11 Å². The highest BCUT2D eigenvalue weighted by Gasteiger charge is 2.04. The molecule has 0 saturated carbocycles. The smallest absolute Gasteiger partial charge is 0.165 e. The summed E-state index contributed by atoms with van der Waals surface area (Å²) < 4.78 is 24.8. The Morgan fingerprint density at radius 1 is 1.11 bits per heavy atom. The minimum absolute atomic E-state index is 0.249. The van der Waals surface area contributed by atoms with Gasteiger partial charge in [-0.05, 0) is 45.8 Å². The molecule has 2 aromatic rings. The van der Waals surface area contributed by atoms with E-state index in [0.29, 0.717) is 6.61 Å². The fraction of sp³-hybridized carbons (Fsp3) is 0.143. The molecule has 0 N–H and O–H groups in total. The predicted molar refractivity (Wildman–Crippen MR) is 71.4 cm³/mol. The van der Waals surface area contributed by atoms with Crippen LogP contribution in [0.4, 0.5) is 4.39 Å². The van der Waals surface area contributed by atoms with Crippen molar-refractivity contribution in [3.63, 3.8) is 0 Å². The summed E-state index contributed by atoms with van der Waals surface area (Å²) in [6.45, 7) is 0.296. The van der Waals surface area contributed by atoms with E-state index in [9.17, 15) is 4.39 Å². The molecule has 18 heavy (non-hydrogen) atoms. The number of para-hydroxylation sites is 1. The second-order valence-electron chi connectivity index (χ2n) is 3.69. The predicted octanol–water partition coefficient (Wildman–Crippen LogP) is 4.18. The maximum Gasteiger partial charge on any atom is 0.165 e. The van der Waals surface area contributed by atoms with Crippen LogP contribution in [0.2, 0.25) is 0 Å². The quantitative estimate of drug-likeness (QED) is 0.843. The summed E-state index contributed by atoms with van der Waals surface area (Å²) in [5.74, 6) is 0.616. The van der Waals surface area contributed by atoms with E-state index >= 15 is 0 Å². The summed E-state index contributed by atoms with van der Waals surface area (Å²) in [6, 6.07) is 12.0. The topological polar surface area (TPSA) is 18.5 Å². The molecule has 0 saturated heterocycles. The van der Waals surface area contributed by atoms with E-state index in [4.69, 9.17) is 9.47 Å². The first kappa shape index (κ1) is 12.9. The van der Waals surface area contributed by atoms with Crippen LogP contribution in [0.1, 0.15) is 5.56 Å². The average molecular weight is 311 g/mol. The van der Waals surface area contributed by atoms with Crippen molar-refractivity contribution in [3.8, 4) is 11.5 Å². The maximum absolute atomic E-state index is 13.3. The van der Waals surface area contributed by atoms with Gasteiger partial charge in [-0.15, -0.1) is 0 Å². The minimum atomic E-state index is -0.360. The van der Waals surface area contributed by atoms with Crippen molar-refractivity contribution < 1.29 is 13.9 Å². The molecule has 94 valence electrons. The van der Waals surface area contributed by atoms with Gasteiger partial charge in [0.15, 0.2) is 11.6 Å². The number of methoxy groups -OCH3 is 1. The van der Waals surface area contributed by atoms with Crippen LogP contribution in [-0.2, 0) is 6.61 Å². The van der Waals surface area contributed by atoms with Crippen molar-refractivity contribution in [3.05, 3.63) is 58.3 Å². The molecular formula is C14H12BrFO2. The molecule has 0 fully saturated rings. The molecule has 0 unspecified atom stereocenters. The average Bonchev–Trinajstić information content (AvgIpc) is 2.39. The fourth-order valence-corrected chi connectivity index (χ4v) is 1.93. The van der Waals surface area contributed by atoms with E-state index in [1.807, 2.05) is 18.2 Å². The lowest BCUT2D eigenvalue weighted by Gasteiger charge is -2.09. The Kier molecular flexibility index (Phi) is 4.20. The monoisotopic (exact) mass is 310 g/mol. The first-order chi connectivity index (χ1) is 8.70. The Hall–Kier alpha value is -1.55. The van der Waals surface area contributed by atoms with Crippen molar-refractivity contribution in [1.82, 2.24) is 0 Å². The number of benzene rings is 2. The first-order valence-electron chi connectivity index (χ1n) is 5.40. The van der Waals surface area contributed by atoms with E-state index in [1.165, 1.54) is 6.07 Å². The van der Waals surface area contributed by atoms with Crippen molar-refractivity contribution in [2.45, 2.75) is 6.61 Å². The highest BCUT2D eigenvalue weighted by molar-refractivity contribution is 9.10. The molecule has 0 aromatic heterocycles. The van der Waals surface area contributed by atoms with Gasteiger partial charge in [0.05, 0.1) is 11.6 Å². The largest absolute Gasteiger partial charge is 0.496 e. The third-order valence-corrected chi connectivity index (χ3v) is 3.10. The van der Waals surface area contributed by atoms with Crippen LogP contribution in [0.15, 0.2) is 46.9 Å². The van der Waals surface area contributed by atoms with Gasteiger partial charge in [0.1, 0.15) is 12.4 Å². The number of hydrogen-bond acceptors (Lipinski definition) is 2. The molecule has 0 radical (unpaired) electrons. The van der Waals surface area contributed by atoms with E-state index in [-0.39, 0.29) is 11.6 Å². The molecule has 0 aliphatic rings. The highest BCUT2D eigenvalue weighted by atomic mass is 79.9. The second kappa shape index (κ2) is 5.87. The minimum Gasteiger partial charge on any atom is -0.496 e. The van der Waals surface area contributed by atoms with Gasteiger partial charge in [0, 0.05) is 0 Å². The van der Waals surface area contributed by atoms with Crippen LogP contribution in [0.25, 0.3) is 0 Å². The van der Waals surface area contributed by atoms with Gasteiger partial charge in [-0.25, -0.2) is 4.39 Å². The molecule has 0 spiro atoms. The first-order valence-corrected chi connectivity index (χ1v) is 6.20. The summed E-state index contributed by atoms with van der Waals surface area (Å²) in [5, 5.41) is 0. The van der Waals surface area contributed by atoms with Crippen molar-refractivity contribution >= 4 is 15.9 Å². The SMILES string of the molecule is COc1cc(COc2ccccc2F)ccc1Br. The van der Waals surface area contributed by atoms with Crippen LogP contribution in [0, 0.1) is 5.82 Å². The molecule has 0 bridgehead atoms. The maximum atomic E-state index is 13.3. The molecule has 0 aliphatic heterocycles. The Bertz CT molecular complexity index is 543. The van der Waals surface area contributed by atoms with Crippen LogP contribution in [0.3, 0.4) is 0 Å². The van der Waals surface area contributed by atoms with Crippen molar-refractivity contribution in [2.75, 3.05) is 7.11 Å². The van der Waals surface area contributed by atoms with E-state index in [0.717, 1.165) is 15.8 Å². The molecule has 0 aliphatic carbocycles. The van der Waals surface area contributed by atoms with Gasteiger partial charge in [0.2, 0.25) is 0 Å². The molecule has 2 nitrogen and oxygen atoms in total. The Morgan fingerprint density at radius 2 is 1.89 bits per heavy atom. The van der Waals surface area contributed by atoms with Gasteiger partial charge < -0.3 is 9.47 Å². The van der Waals surface area contributed by atoms with Crippen LogP contribution in [0.5, 0.6) is 11.5 Å². The molecule has 2 rings (SSSR count). The zero-order chi connectivity index (χ0) is 13.0. The van der Waals surface area contributed by atoms with E-state index in [2.05, 4.69) is 15.9 Å². The summed E-state index contributed by atoms with van der Waals surface area (Å²) in [7, 11) is 1.60. The second-order valence-corrected chi connectivity index (χ2v) is 4.54. The number of hydrogen-bond donors (Lipinski definition) is 0.